The van der Waals surface area contributed by atoms with Crippen molar-refractivity contribution in [3.8, 4) is 0 Å². The fraction of sp³-hybridized carbons (Fsp3) is 0.200. The van der Waals surface area contributed by atoms with Crippen LogP contribution in [0.5, 0.6) is 0 Å². The lowest BCUT2D eigenvalue weighted by atomic mass is 10.3. The molecule has 4 aromatic rings. The summed E-state index contributed by atoms with van der Waals surface area (Å²) in [5.74, 6) is -0.212. The van der Waals surface area contributed by atoms with Crippen LogP contribution in [-0.2, 0) is 13.1 Å². The molecule has 3 heterocycles. The van der Waals surface area contributed by atoms with Crippen molar-refractivity contribution in [3.63, 3.8) is 0 Å². The van der Waals surface area contributed by atoms with Gasteiger partial charge in [0.2, 0.25) is 0 Å². The van der Waals surface area contributed by atoms with Gasteiger partial charge in [0, 0.05) is 18.4 Å². The molecule has 0 bridgehead atoms. The molecule has 0 aliphatic carbocycles. The molecule has 0 atom stereocenters. The van der Waals surface area contributed by atoms with Crippen molar-refractivity contribution in [1.29, 1.82) is 0 Å². The van der Waals surface area contributed by atoms with Gasteiger partial charge in [-0.1, -0.05) is 35.1 Å². The van der Waals surface area contributed by atoms with E-state index in [0.717, 1.165) is 16.1 Å². The van der Waals surface area contributed by atoms with Crippen LogP contribution in [0.25, 0.3) is 10.2 Å². The number of halogens is 1. The molecule has 1 amide bonds. The predicted molar refractivity (Wildman–Crippen MR) is 112 cm³/mol. The van der Waals surface area contributed by atoms with Crippen molar-refractivity contribution in [2.75, 3.05) is 4.90 Å². The van der Waals surface area contributed by atoms with Crippen LogP contribution in [0, 0.1) is 6.92 Å². The Balaban J connectivity index is 1.78. The average Bonchev–Trinajstić information content (AvgIpc) is 3.30. The molecule has 0 fully saturated rings. The maximum Gasteiger partial charge on any atom is 0.280 e. The summed E-state index contributed by atoms with van der Waals surface area (Å²) >= 11 is 7.71. The molecule has 3 aromatic heterocycles. The summed E-state index contributed by atoms with van der Waals surface area (Å²) in [7, 11) is 0. The van der Waals surface area contributed by atoms with E-state index in [1.807, 2.05) is 44.2 Å². The summed E-state index contributed by atoms with van der Waals surface area (Å²) in [5, 5.41) is 5.58. The van der Waals surface area contributed by atoms with Crippen LogP contribution in [0.3, 0.4) is 0 Å². The van der Waals surface area contributed by atoms with Gasteiger partial charge < -0.3 is 0 Å². The third-order valence-corrected chi connectivity index (χ3v) is 5.73. The fourth-order valence-corrected chi connectivity index (χ4v) is 4.23. The van der Waals surface area contributed by atoms with Gasteiger partial charge in [-0.15, -0.1) is 0 Å². The normalized spacial score (nSPS) is 11.1. The van der Waals surface area contributed by atoms with E-state index in [2.05, 4.69) is 15.1 Å². The molecule has 6 nitrogen and oxygen atoms in total. The molecule has 0 saturated heterocycles. The van der Waals surface area contributed by atoms with Gasteiger partial charge in [-0.05, 0) is 44.2 Å². The van der Waals surface area contributed by atoms with Crippen LogP contribution in [0.2, 0.25) is 5.02 Å². The lowest BCUT2D eigenvalue weighted by Crippen LogP contribution is -2.31. The summed E-state index contributed by atoms with van der Waals surface area (Å²) in [6.07, 6.45) is 1.71. The number of carbonyl (C=O) groups excluding carboxylic acids is 1. The van der Waals surface area contributed by atoms with Crippen LogP contribution < -0.4 is 4.90 Å². The summed E-state index contributed by atoms with van der Waals surface area (Å²) in [6, 6.07) is 13.1. The molecule has 4 rings (SSSR count). The Morgan fingerprint density at radius 2 is 2.11 bits per heavy atom. The number of para-hydroxylation sites is 1. The van der Waals surface area contributed by atoms with Crippen molar-refractivity contribution in [3.05, 3.63) is 70.8 Å². The number of aromatic nitrogens is 4. The molecule has 28 heavy (non-hydrogen) atoms. The monoisotopic (exact) mass is 411 g/mol. The Morgan fingerprint density at radius 1 is 1.25 bits per heavy atom. The van der Waals surface area contributed by atoms with Gasteiger partial charge >= 0.3 is 0 Å². The molecule has 0 saturated carbocycles. The molecule has 8 heteroatoms. The largest absolute Gasteiger partial charge is 0.280 e. The Morgan fingerprint density at radius 3 is 2.79 bits per heavy atom. The van der Waals surface area contributed by atoms with Gasteiger partial charge in [-0.3, -0.25) is 19.4 Å². The smallest absolute Gasteiger partial charge is 0.276 e. The Hall–Kier alpha value is -2.77. The first kappa shape index (κ1) is 18.6. The second-order valence-corrected chi connectivity index (χ2v) is 7.70. The third kappa shape index (κ3) is 3.50. The zero-order valence-electron chi connectivity index (χ0n) is 15.5. The predicted octanol–water partition coefficient (Wildman–Crippen LogP) is 4.72. The first-order chi connectivity index (χ1) is 13.6. The van der Waals surface area contributed by atoms with E-state index in [0.29, 0.717) is 34.5 Å². The minimum Gasteiger partial charge on any atom is -0.276 e. The number of pyridine rings is 1. The molecule has 1 aromatic carbocycles. The van der Waals surface area contributed by atoms with E-state index in [1.54, 1.807) is 27.9 Å². The number of carbonyl (C=O) groups is 1. The van der Waals surface area contributed by atoms with E-state index in [4.69, 9.17) is 11.6 Å². The molecule has 0 spiro atoms. The van der Waals surface area contributed by atoms with E-state index < -0.39 is 0 Å². The molecular weight excluding hydrogens is 394 g/mol. The van der Waals surface area contributed by atoms with Crippen molar-refractivity contribution >= 4 is 44.2 Å². The van der Waals surface area contributed by atoms with Gasteiger partial charge in [0.15, 0.2) is 10.8 Å². The van der Waals surface area contributed by atoms with Crippen LogP contribution in [-0.4, -0.2) is 25.7 Å². The maximum atomic E-state index is 13.3. The van der Waals surface area contributed by atoms with E-state index in [-0.39, 0.29) is 5.91 Å². The standard InChI is InChI=1S/C20H18ClN5OS/c1-3-26-13(2)11-16(24-26)19(27)25(12-14-7-4-5-10-22-14)20-23-18-15(21)8-6-9-17(18)28-20/h4-11H,3,12H2,1-2H3. The first-order valence-corrected chi connectivity index (χ1v) is 10.1. The average molecular weight is 412 g/mol. The Bertz CT molecular complexity index is 1140. The molecule has 0 radical (unpaired) electrons. The highest BCUT2D eigenvalue weighted by molar-refractivity contribution is 7.22. The highest BCUT2D eigenvalue weighted by atomic mass is 35.5. The van der Waals surface area contributed by atoms with Crippen molar-refractivity contribution in [2.45, 2.75) is 26.9 Å². The number of nitrogens with zero attached hydrogens (tertiary/aromatic N) is 5. The number of hydrogen-bond acceptors (Lipinski definition) is 5. The zero-order valence-corrected chi connectivity index (χ0v) is 17.0. The number of thiazole rings is 1. The second-order valence-electron chi connectivity index (χ2n) is 6.28. The minimum atomic E-state index is -0.212. The summed E-state index contributed by atoms with van der Waals surface area (Å²) < 4.78 is 2.73. The van der Waals surface area contributed by atoms with E-state index in [9.17, 15) is 4.79 Å². The van der Waals surface area contributed by atoms with Gasteiger partial charge in [-0.2, -0.15) is 5.10 Å². The highest BCUT2D eigenvalue weighted by Crippen LogP contribution is 2.34. The molecule has 0 aliphatic heterocycles. The summed E-state index contributed by atoms with van der Waals surface area (Å²) in [6.45, 7) is 4.94. The van der Waals surface area contributed by atoms with Gasteiger partial charge in [0.1, 0.15) is 5.52 Å². The Labute approximate surface area is 171 Å². The lowest BCUT2D eigenvalue weighted by molar-refractivity contribution is 0.0979. The number of anilines is 1. The molecule has 0 N–H and O–H groups in total. The van der Waals surface area contributed by atoms with Crippen molar-refractivity contribution in [1.82, 2.24) is 19.7 Å². The zero-order chi connectivity index (χ0) is 19.7. The van der Waals surface area contributed by atoms with Crippen molar-refractivity contribution in [2.24, 2.45) is 0 Å². The fourth-order valence-electron chi connectivity index (χ4n) is 2.97. The highest BCUT2D eigenvalue weighted by Gasteiger charge is 2.25. The topological polar surface area (TPSA) is 63.9 Å². The SMILES string of the molecule is CCn1nc(C(=O)N(Cc2ccccn2)c2nc3c(Cl)cccc3s2)cc1C. The summed E-state index contributed by atoms with van der Waals surface area (Å²) in [4.78, 5) is 24.0. The lowest BCUT2D eigenvalue weighted by Gasteiger charge is -2.18. The quantitative estimate of drug-likeness (QED) is 0.476. The van der Waals surface area contributed by atoms with Crippen LogP contribution in [0.1, 0.15) is 28.8 Å². The van der Waals surface area contributed by atoms with Crippen molar-refractivity contribution < 1.29 is 4.79 Å². The third-order valence-electron chi connectivity index (χ3n) is 4.38. The van der Waals surface area contributed by atoms with Gasteiger partial charge in [0.25, 0.3) is 5.91 Å². The van der Waals surface area contributed by atoms with Crippen LogP contribution >= 0.6 is 22.9 Å². The molecule has 0 aliphatic rings. The Kier molecular flexibility index (Phi) is 5.11. The first-order valence-electron chi connectivity index (χ1n) is 8.88. The number of amides is 1. The van der Waals surface area contributed by atoms with E-state index >= 15 is 0 Å². The summed E-state index contributed by atoms with van der Waals surface area (Å²) in [5.41, 5.74) is 2.79. The molecule has 0 unspecified atom stereocenters. The number of rotatable bonds is 5. The maximum absolute atomic E-state index is 13.3. The number of hydrogen-bond donors (Lipinski definition) is 0. The van der Waals surface area contributed by atoms with Crippen LogP contribution in [0.4, 0.5) is 5.13 Å². The minimum absolute atomic E-state index is 0.212. The molecule has 142 valence electrons. The number of aryl methyl sites for hydroxylation is 2. The van der Waals surface area contributed by atoms with Gasteiger partial charge in [-0.25, -0.2) is 4.98 Å². The van der Waals surface area contributed by atoms with E-state index in [1.165, 1.54) is 11.3 Å². The number of fused-ring (bicyclic) bond motifs is 1. The molecular formula is C20H18ClN5OS. The number of benzene rings is 1. The van der Waals surface area contributed by atoms with Crippen LogP contribution in [0.15, 0.2) is 48.7 Å². The van der Waals surface area contributed by atoms with Gasteiger partial charge in [0.05, 0.1) is 22.0 Å². The second kappa shape index (κ2) is 7.69.